The summed E-state index contributed by atoms with van der Waals surface area (Å²) < 4.78 is 0. The smallest absolute Gasteiger partial charge is 0.133 e. The van der Waals surface area contributed by atoms with E-state index in [1.165, 1.54) is 16.3 Å². The molecule has 1 fully saturated rings. The summed E-state index contributed by atoms with van der Waals surface area (Å²) in [4.78, 5) is 11.4. The molecule has 0 aromatic heterocycles. The Hall–Kier alpha value is -1.63. The Bertz CT molecular complexity index is 537. The molecule has 1 atom stereocenters. The molecule has 1 aliphatic rings. The minimum absolute atomic E-state index is 0.415. The number of benzene rings is 2. The summed E-state index contributed by atoms with van der Waals surface area (Å²) in [5.41, 5.74) is 1.35. The van der Waals surface area contributed by atoms with E-state index in [4.69, 9.17) is 0 Å². The third kappa shape index (κ3) is 1.53. The highest BCUT2D eigenvalue weighted by Crippen LogP contribution is 2.35. The molecule has 1 saturated carbocycles. The number of ketones is 1. The van der Waals surface area contributed by atoms with Crippen molar-refractivity contribution in [1.29, 1.82) is 0 Å². The van der Waals surface area contributed by atoms with Gasteiger partial charge in [0.15, 0.2) is 0 Å². The Morgan fingerprint density at radius 3 is 2.62 bits per heavy atom. The molecule has 2 aromatic rings. The number of hydrogen-bond donors (Lipinski definition) is 0. The predicted molar refractivity (Wildman–Crippen MR) is 65.5 cm³/mol. The number of rotatable bonds is 1. The molecule has 0 radical (unpaired) electrons. The van der Waals surface area contributed by atoms with Crippen LogP contribution in [0.2, 0.25) is 0 Å². The van der Waals surface area contributed by atoms with Crippen LogP contribution in [0.4, 0.5) is 0 Å². The van der Waals surface area contributed by atoms with Gasteiger partial charge in [-0.1, -0.05) is 42.5 Å². The maximum absolute atomic E-state index is 11.4. The number of Topliss-reactive ketones (excluding diaryl/α,β-unsaturated/α-hetero) is 1. The van der Waals surface area contributed by atoms with Gasteiger partial charge in [-0.05, 0) is 28.7 Å². The Labute approximate surface area is 95.1 Å². The van der Waals surface area contributed by atoms with Crippen molar-refractivity contribution in [2.24, 2.45) is 0 Å². The van der Waals surface area contributed by atoms with Crippen molar-refractivity contribution in [3.05, 3.63) is 48.0 Å². The summed E-state index contributed by atoms with van der Waals surface area (Å²) in [7, 11) is 0. The highest BCUT2D eigenvalue weighted by molar-refractivity contribution is 5.88. The van der Waals surface area contributed by atoms with Gasteiger partial charge in [-0.15, -0.1) is 0 Å². The molecule has 1 aliphatic carbocycles. The van der Waals surface area contributed by atoms with Crippen LogP contribution in [-0.4, -0.2) is 5.78 Å². The van der Waals surface area contributed by atoms with Crippen LogP contribution in [0.15, 0.2) is 42.5 Å². The van der Waals surface area contributed by atoms with Crippen LogP contribution in [0.1, 0.15) is 30.7 Å². The topological polar surface area (TPSA) is 17.1 Å². The van der Waals surface area contributed by atoms with Crippen LogP contribution >= 0.6 is 0 Å². The fraction of sp³-hybridized carbons (Fsp3) is 0.267. The average Bonchev–Trinajstić information content (AvgIpc) is 2.75. The molecule has 3 rings (SSSR count). The fourth-order valence-corrected chi connectivity index (χ4v) is 2.69. The van der Waals surface area contributed by atoms with E-state index < -0.39 is 0 Å². The Kier molecular flexibility index (Phi) is 2.24. The molecule has 1 heteroatoms. The van der Waals surface area contributed by atoms with Crippen molar-refractivity contribution in [3.63, 3.8) is 0 Å². The highest BCUT2D eigenvalue weighted by Gasteiger charge is 2.24. The lowest BCUT2D eigenvalue weighted by atomic mass is 9.92. The van der Waals surface area contributed by atoms with E-state index >= 15 is 0 Å². The van der Waals surface area contributed by atoms with Gasteiger partial charge in [0.1, 0.15) is 5.78 Å². The van der Waals surface area contributed by atoms with Crippen molar-refractivity contribution in [2.75, 3.05) is 0 Å². The third-order valence-corrected chi connectivity index (χ3v) is 3.51. The largest absolute Gasteiger partial charge is 0.300 e. The molecule has 0 heterocycles. The van der Waals surface area contributed by atoms with Gasteiger partial charge in [0.2, 0.25) is 0 Å². The van der Waals surface area contributed by atoms with Crippen molar-refractivity contribution >= 4 is 16.6 Å². The fourth-order valence-electron chi connectivity index (χ4n) is 2.69. The van der Waals surface area contributed by atoms with Gasteiger partial charge in [-0.25, -0.2) is 0 Å². The quantitative estimate of drug-likeness (QED) is 0.701. The molecule has 1 nitrogen and oxygen atoms in total. The minimum Gasteiger partial charge on any atom is -0.300 e. The summed E-state index contributed by atoms with van der Waals surface area (Å²) in [6, 6.07) is 14.8. The summed E-state index contributed by atoms with van der Waals surface area (Å²) in [6.45, 7) is 0. The van der Waals surface area contributed by atoms with Crippen molar-refractivity contribution in [1.82, 2.24) is 0 Å². The zero-order chi connectivity index (χ0) is 11.0. The first kappa shape index (κ1) is 9.59. The average molecular weight is 210 g/mol. The van der Waals surface area contributed by atoms with Gasteiger partial charge in [-0.3, -0.25) is 4.79 Å². The van der Waals surface area contributed by atoms with Crippen molar-refractivity contribution in [3.8, 4) is 0 Å². The molecular formula is C15H14O. The standard InChI is InChI=1S/C15H14O/c16-13-9-8-12(10-13)15-7-3-5-11-4-1-2-6-14(11)15/h1-7,12H,8-10H2/t12-/m1/s1. The zero-order valence-electron chi connectivity index (χ0n) is 9.15. The van der Waals surface area contributed by atoms with Gasteiger partial charge in [0.25, 0.3) is 0 Å². The molecule has 0 aliphatic heterocycles. The van der Waals surface area contributed by atoms with Crippen LogP contribution in [-0.2, 0) is 4.79 Å². The second-order valence-electron chi connectivity index (χ2n) is 4.55. The van der Waals surface area contributed by atoms with Crippen LogP contribution in [0.5, 0.6) is 0 Å². The van der Waals surface area contributed by atoms with E-state index in [2.05, 4.69) is 42.5 Å². The van der Waals surface area contributed by atoms with Gasteiger partial charge in [0, 0.05) is 12.8 Å². The molecule has 0 unspecified atom stereocenters. The predicted octanol–water partition coefficient (Wildman–Crippen LogP) is 3.68. The first-order chi connectivity index (χ1) is 7.84. The maximum Gasteiger partial charge on any atom is 0.133 e. The normalized spacial score (nSPS) is 20.5. The van der Waals surface area contributed by atoms with E-state index in [0.717, 1.165) is 19.3 Å². The molecular weight excluding hydrogens is 196 g/mol. The summed E-state index contributed by atoms with van der Waals surface area (Å²) in [5.74, 6) is 0.858. The number of fused-ring (bicyclic) bond motifs is 1. The Balaban J connectivity index is 2.13. The summed E-state index contributed by atoms with van der Waals surface area (Å²) >= 11 is 0. The third-order valence-electron chi connectivity index (χ3n) is 3.51. The van der Waals surface area contributed by atoms with Crippen LogP contribution in [0, 0.1) is 0 Å². The first-order valence-electron chi connectivity index (χ1n) is 5.84. The lowest BCUT2D eigenvalue weighted by Gasteiger charge is -2.11. The first-order valence-corrected chi connectivity index (χ1v) is 5.84. The van der Waals surface area contributed by atoms with Crippen molar-refractivity contribution in [2.45, 2.75) is 25.2 Å². The second-order valence-corrected chi connectivity index (χ2v) is 4.55. The molecule has 0 amide bonds. The van der Waals surface area contributed by atoms with E-state index in [0.29, 0.717) is 11.7 Å². The molecule has 0 spiro atoms. The van der Waals surface area contributed by atoms with E-state index in [1.807, 2.05) is 0 Å². The lowest BCUT2D eigenvalue weighted by Crippen LogP contribution is -1.95. The maximum atomic E-state index is 11.4. The van der Waals surface area contributed by atoms with E-state index in [-0.39, 0.29) is 0 Å². The van der Waals surface area contributed by atoms with E-state index in [1.54, 1.807) is 0 Å². The summed E-state index contributed by atoms with van der Waals surface area (Å²) in [5, 5.41) is 2.59. The Morgan fingerprint density at radius 1 is 1.00 bits per heavy atom. The second kappa shape index (κ2) is 3.75. The minimum atomic E-state index is 0.415. The number of carbonyl (C=O) groups excluding carboxylic acids is 1. The van der Waals surface area contributed by atoms with Crippen LogP contribution < -0.4 is 0 Å². The number of hydrogen-bond acceptors (Lipinski definition) is 1. The van der Waals surface area contributed by atoms with Gasteiger partial charge in [-0.2, -0.15) is 0 Å². The molecule has 80 valence electrons. The van der Waals surface area contributed by atoms with Crippen LogP contribution in [0.25, 0.3) is 10.8 Å². The van der Waals surface area contributed by atoms with Gasteiger partial charge in [0.05, 0.1) is 0 Å². The monoisotopic (exact) mass is 210 g/mol. The van der Waals surface area contributed by atoms with Crippen molar-refractivity contribution < 1.29 is 4.79 Å². The van der Waals surface area contributed by atoms with E-state index in [9.17, 15) is 4.79 Å². The molecule has 0 saturated heterocycles. The van der Waals surface area contributed by atoms with Gasteiger partial charge >= 0.3 is 0 Å². The van der Waals surface area contributed by atoms with Gasteiger partial charge < -0.3 is 0 Å². The molecule has 0 N–H and O–H groups in total. The SMILES string of the molecule is O=C1CC[C@@H](c2cccc3ccccc23)C1. The summed E-state index contributed by atoms with van der Waals surface area (Å²) in [6.07, 6.45) is 2.51. The zero-order valence-corrected chi connectivity index (χ0v) is 9.15. The molecule has 2 aromatic carbocycles. The molecule has 0 bridgehead atoms. The van der Waals surface area contributed by atoms with Crippen LogP contribution in [0.3, 0.4) is 0 Å². The lowest BCUT2D eigenvalue weighted by molar-refractivity contribution is -0.117. The highest BCUT2D eigenvalue weighted by atomic mass is 16.1. The number of carbonyl (C=O) groups is 1. The molecule has 16 heavy (non-hydrogen) atoms. The Morgan fingerprint density at radius 2 is 1.81 bits per heavy atom.